The molecule has 5 N–H and O–H groups in total. The van der Waals surface area contributed by atoms with Gasteiger partial charge in [0, 0.05) is 30.1 Å². The van der Waals surface area contributed by atoms with Crippen LogP contribution in [0.1, 0.15) is 16.7 Å². The lowest BCUT2D eigenvalue weighted by atomic mass is 10.2. The number of halogens is 3. The van der Waals surface area contributed by atoms with E-state index in [9.17, 15) is 15.3 Å². The van der Waals surface area contributed by atoms with Gasteiger partial charge in [0.1, 0.15) is 17.2 Å². The summed E-state index contributed by atoms with van der Waals surface area (Å²) in [5, 5.41) is 45.9. The highest BCUT2D eigenvalue weighted by Crippen LogP contribution is 2.21. The van der Waals surface area contributed by atoms with Gasteiger partial charge in [0.25, 0.3) is 5.96 Å². The van der Waals surface area contributed by atoms with Gasteiger partial charge in [-0.25, -0.2) is 10.9 Å². The van der Waals surface area contributed by atoms with Crippen molar-refractivity contribution < 1.29 is 15.3 Å². The summed E-state index contributed by atoms with van der Waals surface area (Å²) in [7, 11) is 0. The van der Waals surface area contributed by atoms with Gasteiger partial charge in [-0.3, -0.25) is 0 Å². The highest BCUT2D eigenvalue weighted by molar-refractivity contribution is 9.11. The summed E-state index contributed by atoms with van der Waals surface area (Å²) in [6.45, 7) is 0. The van der Waals surface area contributed by atoms with Crippen LogP contribution in [0.5, 0.6) is 17.2 Å². The minimum atomic E-state index is 0.0298. The minimum Gasteiger partial charge on any atom is -0.507 e. The summed E-state index contributed by atoms with van der Waals surface area (Å²) in [5.41, 5.74) is 6.68. The van der Waals surface area contributed by atoms with E-state index in [1.54, 1.807) is 36.4 Å². The predicted octanol–water partition coefficient (Wildman–Crippen LogP) is 5.03. The lowest BCUT2D eigenvalue weighted by molar-refractivity contribution is 0.474. The molecule has 9 nitrogen and oxygen atoms in total. The van der Waals surface area contributed by atoms with Crippen molar-refractivity contribution in [1.82, 2.24) is 10.9 Å². The Morgan fingerprint density at radius 3 is 1.41 bits per heavy atom. The lowest BCUT2D eigenvalue weighted by Gasteiger charge is -2.04. The number of rotatable bonds is 6. The minimum absolute atomic E-state index is 0.0298. The van der Waals surface area contributed by atoms with Crippen LogP contribution in [0.4, 0.5) is 0 Å². The van der Waals surface area contributed by atoms with Crippen molar-refractivity contribution in [2.75, 3.05) is 0 Å². The molecule has 0 atom stereocenters. The smallest absolute Gasteiger partial charge is 0.257 e. The third-order valence-corrected chi connectivity index (χ3v) is 5.55. The monoisotopic (exact) mass is 650 g/mol. The van der Waals surface area contributed by atoms with Gasteiger partial charge >= 0.3 is 0 Å². The normalized spacial score (nSPS) is 12.1. The number of benzene rings is 3. The molecular weight excluding hydrogens is 636 g/mol. The molecule has 0 spiro atoms. The third-order valence-electron chi connectivity index (χ3n) is 4.07. The standard InChI is InChI=1S/C22H17Br3N6O3/c23-16-1-4-19(32)13(7-16)10-26-29-22(30-27-11-14-8-17(24)2-5-20(14)33)31-28-12-15-9-18(25)3-6-21(15)34/h1-12,32-34H,(H2,29,30,31)/b26-10-,27-11+,28-12+. The molecule has 0 aliphatic heterocycles. The van der Waals surface area contributed by atoms with Crippen LogP contribution in [0.25, 0.3) is 0 Å². The van der Waals surface area contributed by atoms with E-state index >= 15 is 0 Å². The zero-order chi connectivity index (χ0) is 24.5. The molecule has 0 bridgehead atoms. The van der Waals surface area contributed by atoms with Crippen LogP contribution >= 0.6 is 47.8 Å². The Morgan fingerprint density at radius 1 is 0.618 bits per heavy atom. The zero-order valence-electron chi connectivity index (χ0n) is 17.2. The van der Waals surface area contributed by atoms with Gasteiger partial charge in [-0.2, -0.15) is 15.3 Å². The number of phenols is 3. The average molecular weight is 653 g/mol. The number of hydrogen-bond acceptors (Lipinski definition) is 7. The predicted molar refractivity (Wildman–Crippen MR) is 144 cm³/mol. The summed E-state index contributed by atoms with van der Waals surface area (Å²) in [6.07, 6.45) is 4.15. The van der Waals surface area contributed by atoms with Crippen molar-refractivity contribution in [3.8, 4) is 17.2 Å². The van der Waals surface area contributed by atoms with Gasteiger partial charge < -0.3 is 15.3 Å². The van der Waals surface area contributed by atoms with E-state index in [4.69, 9.17) is 0 Å². The molecule has 0 unspecified atom stereocenters. The molecule has 0 radical (unpaired) electrons. The molecule has 0 amide bonds. The van der Waals surface area contributed by atoms with Gasteiger partial charge in [-0.05, 0) is 54.6 Å². The largest absolute Gasteiger partial charge is 0.507 e. The van der Waals surface area contributed by atoms with Crippen LogP contribution in [0.3, 0.4) is 0 Å². The molecule has 3 aromatic carbocycles. The fourth-order valence-corrected chi connectivity index (χ4v) is 3.57. The first-order valence-corrected chi connectivity index (χ1v) is 11.8. The molecule has 0 fully saturated rings. The molecule has 0 aromatic heterocycles. The molecule has 34 heavy (non-hydrogen) atoms. The molecule has 3 rings (SSSR count). The number of phenolic OH excluding ortho intramolecular Hbond substituents is 3. The van der Waals surface area contributed by atoms with Gasteiger partial charge in [0.05, 0.1) is 18.6 Å². The summed E-state index contributed by atoms with van der Waals surface area (Å²) in [6, 6.07) is 14.7. The fourth-order valence-electron chi connectivity index (χ4n) is 2.43. The Kier molecular flexibility index (Phi) is 9.19. The maximum atomic E-state index is 9.94. The molecule has 174 valence electrons. The topological polar surface area (TPSA) is 134 Å². The van der Waals surface area contributed by atoms with E-state index < -0.39 is 0 Å². The van der Waals surface area contributed by atoms with E-state index in [0.29, 0.717) is 16.7 Å². The quantitative estimate of drug-likeness (QED) is 0.145. The van der Waals surface area contributed by atoms with E-state index in [-0.39, 0.29) is 23.2 Å². The van der Waals surface area contributed by atoms with Crippen LogP contribution in [-0.2, 0) is 0 Å². The fraction of sp³-hybridized carbons (Fsp3) is 0. The lowest BCUT2D eigenvalue weighted by Crippen LogP contribution is -2.30. The van der Waals surface area contributed by atoms with Crippen molar-refractivity contribution in [2.24, 2.45) is 20.4 Å². The molecule has 0 saturated carbocycles. The maximum absolute atomic E-state index is 9.94. The van der Waals surface area contributed by atoms with E-state index in [1.807, 2.05) is 0 Å². The molecule has 12 heteroatoms. The van der Waals surface area contributed by atoms with Gasteiger partial charge in [0.15, 0.2) is 0 Å². The molecule has 0 heterocycles. The molecular formula is C22H17Br3N6O3. The van der Waals surface area contributed by atoms with Crippen molar-refractivity contribution >= 4 is 72.4 Å². The van der Waals surface area contributed by atoms with E-state index in [0.717, 1.165) is 13.4 Å². The third kappa shape index (κ3) is 7.68. The second-order valence-electron chi connectivity index (χ2n) is 6.54. The van der Waals surface area contributed by atoms with Gasteiger partial charge in [0.2, 0.25) is 0 Å². The Labute approximate surface area is 220 Å². The molecule has 0 saturated heterocycles. The van der Waals surface area contributed by atoms with Crippen molar-refractivity contribution in [3.05, 3.63) is 84.7 Å². The average Bonchev–Trinajstić information content (AvgIpc) is 2.80. The number of nitrogens with zero attached hydrogens (tertiary/aromatic N) is 4. The van der Waals surface area contributed by atoms with E-state index in [1.165, 1.54) is 36.8 Å². The summed E-state index contributed by atoms with van der Waals surface area (Å²) in [5.74, 6) is 0.163. The van der Waals surface area contributed by atoms with Crippen molar-refractivity contribution in [3.63, 3.8) is 0 Å². The highest BCUT2D eigenvalue weighted by atomic mass is 79.9. The van der Waals surface area contributed by atoms with E-state index in [2.05, 4.69) is 79.0 Å². The first-order chi connectivity index (χ1) is 16.3. The maximum Gasteiger partial charge on any atom is 0.257 e. The number of nitrogens with one attached hydrogen (secondary N) is 2. The highest BCUT2D eigenvalue weighted by Gasteiger charge is 2.02. The number of hydrogen-bond donors (Lipinski definition) is 5. The first-order valence-electron chi connectivity index (χ1n) is 9.46. The van der Waals surface area contributed by atoms with Crippen LogP contribution in [0.15, 0.2) is 88.4 Å². The Morgan fingerprint density at radius 2 is 1.00 bits per heavy atom. The molecule has 3 aromatic rings. The summed E-state index contributed by atoms with van der Waals surface area (Å²) >= 11 is 10.0. The summed E-state index contributed by atoms with van der Waals surface area (Å²) in [4.78, 5) is 0. The van der Waals surface area contributed by atoms with Crippen LogP contribution in [0.2, 0.25) is 0 Å². The van der Waals surface area contributed by atoms with Gasteiger partial charge in [-0.1, -0.05) is 47.8 Å². The van der Waals surface area contributed by atoms with Crippen molar-refractivity contribution in [1.29, 1.82) is 0 Å². The van der Waals surface area contributed by atoms with Gasteiger partial charge in [-0.15, -0.1) is 5.10 Å². The first kappa shape index (κ1) is 25.4. The van der Waals surface area contributed by atoms with Crippen LogP contribution < -0.4 is 10.9 Å². The van der Waals surface area contributed by atoms with Crippen molar-refractivity contribution in [2.45, 2.75) is 0 Å². The molecule has 0 aliphatic rings. The number of guanidine groups is 1. The Hall–Kier alpha value is -3.22. The summed E-state index contributed by atoms with van der Waals surface area (Å²) < 4.78 is 2.32. The van der Waals surface area contributed by atoms with Crippen LogP contribution in [-0.4, -0.2) is 39.9 Å². The second-order valence-corrected chi connectivity index (χ2v) is 9.29. The SMILES string of the molecule is Oc1ccc(Br)cc1/C=N\NC(=N/N=C/c1cc(Br)ccc1O)N/N=C/c1cc(Br)ccc1O. The van der Waals surface area contributed by atoms with Crippen LogP contribution in [0, 0.1) is 0 Å². The second kappa shape index (κ2) is 12.3. The number of hydrazone groups is 2. The number of aromatic hydroxyl groups is 3. The Bertz CT molecular complexity index is 1230. The molecule has 0 aliphatic carbocycles. The Balaban J connectivity index is 1.80. The zero-order valence-corrected chi connectivity index (χ0v) is 22.0.